The summed E-state index contributed by atoms with van der Waals surface area (Å²) in [5.74, 6) is -0.189. The highest BCUT2D eigenvalue weighted by Gasteiger charge is 2.17. The van der Waals surface area contributed by atoms with Crippen LogP contribution in [-0.4, -0.2) is 19.3 Å². The Morgan fingerprint density at radius 1 is 1.27 bits per heavy atom. The number of aryl methyl sites for hydroxylation is 2. The number of aromatic nitrogens is 1. The molecule has 0 bridgehead atoms. The number of rotatable bonds is 4. The fourth-order valence-electron chi connectivity index (χ4n) is 2.03. The van der Waals surface area contributed by atoms with E-state index in [1.165, 1.54) is 23.5 Å². The maximum Gasteiger partial charge on any atom is 0.263 e. The van der Waals surface area contributed by atoms with E-state index in [1.54, 1.807) is 19.1 Å². The van der Waals surface area contributed by atoms with E-state index in [0.29, 0.717) is 10.6 Å². The quantitative estimate of drug-likeness (QED) is 0.888. The van der Waals surface area contributed by atoms with Gasteiger partial charge in [-0.2, -0.15) is 0 Å². The summed E-state index contributed by atoms with van der Waals surface area (Å²) in [6.45, 7) is 5.47. The molecule has 8 heteroatoms. The summed E-state index contributed by atoms with van der Waals surface area (Å²) in [4.78, 5) is 17.1. The highest BCUT2D eigenvalue weighted by molar-refractivity contribution is 7.89. The topological polar surface area (TPSA) is 102 Å². The molecule has 1 aromatic heterocycles. The Hall–Kier alpha value is -1.77. The molecule has 22 heavy (non-hydrogen) atoms. The number of primary sulfonamides is 1. The zero-order chi connectivity index (χ0) is 16.5. The number of nitrogens with one attached hydrogen (secondary N) is 1. The van der Waals surface area contributed by atoms with E-state index in [9.17, 15) is 13.2 Å². The number of hydrogen-bond donors (Lipinski definition) is 2. The van der Waals surface area contributed by atoms with Gasteiger partial charge in [0.2, 0.25) is 10.0 Å². The third-order valence-corrected chi connectivity index (χ3v) is 5.17. The van der Waals surface area contributed by atoms with E-state index in [-0.39, 0.29) is 16.8 Å². The third-order valence-electron chi connectivity index (χ3n) is 3.17. The fraction of sp³-hybridized carbons (Fsp3) is 0.286. The minimum absolute atomic E-state index is 0.0451. The van der Waals surface area contributed by atoms with Gasteiger partial charge in [0, 0.05) is 0 Å². The predicted molar refractivity (Wildman–Crippen MR) is 85.3 cm³/mol. The van der Waals surface area contributed by atoms with Gasteiger partial charge in [-0.1, -0.05) is 12.1 Å². The van der Waals surface area contributed by atoms with Gasteiger partial charge in [0.05, 0.1) is 21.6 Å². The van der Waals surface area contributed by atoms with Gasteiger partial charge in [0.15, 0.2) is 0 Å². The van der Waals surface area contributed by atoms with Crippen molar-refractivity contribution in [3.63, 3.8) is 0 Å². The monoisotopic (exact) mass is 339 g/mol. The van der Waals surface area contributed by atoms with Crippen LogP contribution >= 0.6 is 11.3 Å². The van der Waals surface area contributed by atoms with Crippen LogP contribution in [0.25, 0.3) is 0 Å². The number of hydrogen-bond acceptors (Lipinski definition) is 5. The van der Waals surface area contributed by atoms with Crippen LogP contribution in [0.2, 0.25) is 0 Å². The number of amides is 1. The number of carbonyl (C=O) groups is 1. The molecule has 1 amide bonds. The first-order chi connectivity index (χ1) is 10.2. The van der Waals surface area contributed by atoms with Crippen LogP contribution in [0.15, 0.2) is 29.2 Å². The molecular weight excluding hydrogens is 322 g/mol. The Bertz CT molecular complexity index is 795. The van der Waals surface area contributed by atoms with Crippen LogP contribution in [0, 0.1) is 13.8 Å². The molecule has 118 valence electrons. The lowest BCUT2D eigenvalue weighted by Crippen LogP contribution is -2.26. The van der Waals surface area contributed by atoms with Crippen molar-refractivity contribution < 1.29 is 13.2 Å². The van der Waals surface area contributed by atoms with Crippen molar-refractivity contribution >= 4 is 27.3 Å². The lowest BCUT2D eigenvalue weighted by atomic mass is 10.1. The van der Waals surface area contributed by atoms with E-state index in [4.69, 9.17) is 5.14 Å². The zero-order valence-electron chi connectivity index (χ0n) is 12.5. The van der Waals surface area contributed by atoms with Gasteiger partial charge in [-0.05, 0) is 38.5 Å². The molecule has 1 atom stereocenters. The highest BCUT2D eigenvalue weighted by Crippen LogP contribution is 2.20. The summed E-state index contributed by atoms with van der Waals surface area (Å²) < 4.78 is 22.4. The van der Waals surface area contributed by atoms with E-state index >= 15 is 0 Å². The second-order valence-electron chi connectivity index (χ2n) is 4.96. The summed E-state index contributed by atoms with van der Waals surface area (Å²) >= 11 is 1.35. The SMILES string of the molecule is Cc1nc(C)c(C(=O)N[C@H](C)c2ccc(S(N)(=O)=O)cc2)s1. The second-order valence-corrected chi connectivity index (χ2v) is 7.72. The van der Waals surface area contributed by atoms with Crippen molar-refractivity contribution in [2.75, 3.05) is 0 Å². The molecule has 3 N–H and O–H groups in total. The maximum absolute atomic E-state index is 12.2. The molecule has 0 fully saturated rings. The number of benzene rings is 1. The normalized spacial score (nSPS) is 12.9. The Morgan fingerprint density at radius 3 is 2.32 bits per heavy atom. The summed E-state index contributed by atoms with van der Waals surface area (Å²) in [6, 6.07) is 5.86. The summed E-state index contributed by atoms with van der Waals surface area (Å²) in [6.07, 6.45) is 0. The van der Waals surface area contributed by atoms with Gasteiger partial charge in [0.25, 0.3) is 5.91 Å². The first-order valence-electron chi connectivity index (χ1n) is 6.56. The molecule has 0 spiro atoms. The standard InChI is InChI=1S/C14H17N3O3S2/c1-8(11-4-6-12(7-5-11)22(15,19)20)17-14(18)13-9(2)16-10(3)21-13/h4-8H,1-3H3,(H,17,18)(H2,15,19,20)/t8-/m1/s1. The molecule has 0 saturated heterocycles. The number of nitrogens with zero attached hydrogens (tertiary/aromatic N) is 1. The van der Waals surface area contributed by atoms with Gasteiger partial charge < -0.3 is 5.32 Å². The average Bonchev–Trinajstić information content (AvgIpc) is 2.77. The fourth-order valence-corrected chi connectivity index (χ4v) is 3.37. The number of sulfonamides is 1. The van der Waals surface area contributed by atoms with Gasteiger partial charge in [-0.15, -0.1) is 11.3 Å². The lowest BCUT2D eigenvalue weighted by molar-refractivity contribution is 0.0943. The molecule has 0 aliphatic carbocycles. The summed E-state index contributed by atoms with van der Waals surface area (Å²) in [7, 11) is -3.71. The molecule has 6 nitrogen and oxygen atoms in total. The molecule has 2 rings (SSSR count). The van der Waals surface area contributed by atoms with Crippen molar-refractivity contribution in [3.8, 4) is 0 Å². The largest absolute Gasteiger partial charge is 0.345 e. The molecule has 0 aliphatic rings. The maximum atomic E-state index is 12.2. The molecule has 0 radical (unpaired) electrons. The van der Waals surface area contributed by atoms with E-state index in [1.807, 2.05) is 13.8 Å². The average molecular weight is 339 g/mol. The Kier molecular flexibility index (Phi) is 4.64. The van der Waals surface area contributed by atoms with Gasteiger partial charge in [-0.3, -0.25) is 4.79 Å². The van der Waals surface area contributed by atoms with Crippen molar-refractivity contribution in [3.05, 3.63) is 45.4 Å². The minimum atomic E-state index is -3.71. The van der Waals surface area contributed by atoms with Gasteiger partial charge in [0.1, 0.15) is 4.88 Å². The lowest BCUT2D eigenvalue weighted by Gasteiger charge is -2.14. The first-order valence-corrected chi connectivity index (χ1v) is 8.92. The Morgan fingerprint density at radius 2 is 1.86 bits per heavy atom. The van der Waals surface area contributed by atoms with Crippen LogP contribution in [0.5, 0.6) is 0 Å². The van der Waals surface area contributed by atoms with Crippen LogP contribution in [0.3, 0.4) is 0 Å². The van der Waals surface area contributed by atoms with Gasteiger partial charge in [-0.25, -0.2) is 18.5 Å². The van der Waals surface area contributed by atoms with Crippen molar-refractivity contribution in [2.45, 2.75) is 31.7 Å². The molecule has 0 saturated carbocycles. The van der Waals surface area contributed by atoms with E-state index < -0.39 is 10.0 Å². The number of carbonyl (C=O) groups excluding carboxylic acids is 1. The van der Waals surface area contributed by atoms with Gasteiger partial charge >= 0.3 is 0 Å². The van der Waals surface area contributed by atoms with Crippen LogP contribution < -0.4 is 10.5 Å². The first kappa shape index (κ1) is 16.6. The third kappa shape index (κ3) is 3.70. The summed E-state index contributed by atoms with van der Waals surface area (Å²) in [5, 5.41) is 8.77. The van der Waals surface area contributed by atoms with Crippen molar-refractivity contribution in [1.29, 1.82) is 0 Å². The molecular formula is C14H17N3O3S2. The highest BCUT2D eigenvalue weighted by atomic mass is 32.2. The minimum Gasteiger partial charge on any atom is -0.345 e. The zero-order valence-corrected chi connectivity index (χ0v) is 14.1. The molecule has 0 unspecified atom stereocenters. The number of thiazole rings is 1. The van der Waals surface area contributed by atoms with Crippen LogP contribution in [0.1, 0.15) is 38.9 Å². The number of nitrogens with two attached hydrogens (primary N) is 1. The predicted octanol–water partition coefficient (Wildman–Crippen LogP) is 1.90. The van der Waals surface area contributed by atoms with Crippen LogP contribution in [-0.2, 0) is 10.0 Å². The summed E-state index contributed by atoms with van der Waals surface area (Å²) in [5.41, 5.74) is 1.50. The molecule has 1 aromatic carbocycles. The smallest absolute Gasteiger partial charge is 0.263 e. The molecule has 0 aliphatic heterocycles. The van der Waals surface area contributed by atoms with Crippen molar-refractivity contribution in [1.82, 2.24) is 10.3 Å². The molecule has 2 aromatic rings. The Labute approximate surface area is 133 Å². The second kappa shape index (κ2) is 6.15. The molecule has 1 heterocycles. The van der Waals surface area contributed by atoms with E-state index in [2.05, 4.69) is 10.3 Å². The Balaban J connectivity index is 2.14. The van der Waals surface area contributed by atoms with Crippen LogP contribution in [0.4, 0.5) is 0 Å². The van der Waals surface area contributed by atoms with Crippen molar-refractivity contribution in [2.24, 2.45) is 5.14 Å². The van der Waals surface area contributed by atoms with E-state index in [0.717, 1.165) is 10.6 Å².